The number of nitrogens with one attached hydrogen (secondary N) is 1. The van der Waals surface area contributed by atoms with Crippen molar-refractivity contribution in [3.8, 4) is 0 Å². The summed E-state index contributed by atoms with van der Waals surface area (Å²) in [4.78, 5) is 35.2. The Kier molecular flexibility index (Phi) is 7.10. The predicted molar refractivity (Wildman–Crippen MR) is 97.1 cm³/mol. The van der Waals surface area contributed by atoms with E-state index in [0.29, 0.717) is 6.42 Å². The standard InChI is InChI=1S/C19H19NO4S/c1-14(21)17(11-15-5-3-2-4-6-15)20-18(22)12-24-19(23)8-7-16-9-10-25-13-16/h2-10,13,17H,11-12H2,1H3,(H,20,22)/b8-7+/t17-/m0/s1. The number of benzene rings is 1. The molecule has 1 atom stereocenters. The van der Waals surface area contributed by atoms with E-state index in [2.05, 4.69) is 5.32 Å². The van der Waals surface area contributed by atoms with Gasteiger partial charge in [-0.2, -0.15) is 11.3 Å². The number of esters is 1. The second-order valence-electron chi connectivity index (χ2n) is 5.42. The van der Waals surface area contributed by atoms with Crippen molar-refractivity contribution in [2.45, 2.75) is 19.4 Å². The van der Waals surface area contributed by atoms with Crippen LogP contribution in [0, 0.1) is 0 Å². The van der Waals surface area contributed by atoms with Gasteiger partial charge < -0.3 is 10.1 Å². The summed E-state index contributed by atoms with van der Waals surface area (Å²) >= 11 is 1.52. The number of amides is 1. The maximum atomic E-state index is 11.9. The second-order valence-corrected chi connectivity index (χ2v) is 6.20. The maximum Gasteiger partial charge on any atom is 0.331 e. The van der Waals surface area contributed by atoms with Crippen LogP contribution >= 0.6 is 11.3 Å². The van der Waals surface area contributed by atoms with Crippen molar-refractivity contribution < 1.29 is 19.1 Å². The molecule has 0 spiro atoms. The molecule has 5 nitrogen and oxygen atoms in total. The Balaban J connectivity index is 1.80. The zero-order chi connectivity index (χ0) is 18.1. The van der Waals surface area contributed by atoms with E-state index in [-0.39, 0.29) is 5.78 Å². The highest BCUT2D eigenvalue weighted by Crippen LogP contribution is 2.07. The molecule has 6 heteroatoms. The molecule has 1 N–H and O–H groups in total. The fourth-order valence-electron chi connectivity index (χ4n) is 2.10. The molecule has 1 aromatic heterocycles. The van der Waals surface area contributed by atoms with Gasteiger partial charge >= 0.3 is 5.97 Å². The third-order valence-electron chi connectivity index (χ3n) is 3.41. The molecule has 1 aromatic carbocycles. The van der Waals surface area contributed by atoms with Crippen molar-refractivity contribution >= 4 is 35.1 Å². The number of thiophene rings is 1. The van der Waals surface area contributed by atoms with Gasteiger partial charge in [0.05, 0.1) is 6.04 Å². The molecule has 2 rings (SSSR count). The third kappa shape index (κ3) is 6.73. The number of hydrogen-bond acceptors (Lipinski definition) is 5. The quantitative estimate of drug-likeness (QED) is 0.582. The van der Waals surface area contributed by atoms with Crippen molar-refractivity contribution in [2.24, 2.45) is 0 Å². The van der Waals surface area contributed by atoms with E-state index in [9.17, 15) is 14.4 Å². The Morgan fingerprint density at radius 2 is 1.96 bits per heavy atom. The maximum absolute atomic E-state index is 11.9. The fourth-order valence-corrected chi connectivity index (χ4v) is 2.73. The average Bonchev–Trinajstić information content (AvgIpc) is 3.12. The Hall–Kier alpha value is -2.73. The topological polar surface area (TPSA) is 72.5 Å². The molecule has 0 unspecified atom stereocenters. The fraction of sp³-hybridized carbons (Fsp3) is 0.211. The molecule has 0 bridgehead atoms. The molecule has 130 valence electrons. The van der Waals surface area contributed by atoms with Gasteiger partial charge in [0.15, 0.2) is 12.4 Å². The van der Waals surface area contributed by atoms with Gasteiger partial charge in [0.1, 0.15) is 0 Å². The lowest BCUT2D eigenvalue weighted by molar-refractivity contribution is -0.144. The van der Waals surface area contributed by atoms with E-state index in [1.54, 1.807) is 6.08 Å². The zero-order valence-corrected chi connectivity index (χ0v) is 14.6. The zero-order valence-electron chi connectivity index (χ0n) is 13.8. The Morgan fingerprint density at radius 1 is 1.20 bits per heavy atom. The van der Waals surface area contributed by atoms with E-state index < -0.39 is 24.5 Å². The van der Waals surface area contributed by atoms with Crippen LogP contribution < -0.4 is 5.32 Å². The van der Waals surface area contributed by atoms with Gasteiger partial charge in [-0.1, -0.05) is 30.3 Å². The van der Waals surface area contributed by atoms with Crippen LogP contribution in [0.5, 0.6) is 0 Å². The van der Waals surface area contributed by atoms with Crippen LogP contribution in [0.15, 0.2) is 53.2 Å². The molecule has 0 aliphatic carbocycles. The van der Waals surface area contributed by atoms with Gasteiger partial charge in [-0.15, -0.1) is 0 Å². The van der Waals surface area contributed by atoms with E-state index in [0.717, 1.165) is 11.1 Å². The van der Waals surface area contributed by atoms with Gasteiger partial charge in [0.2, 0.25) is 0 Å². The molecule has 0 fully saturated rings. The Bertz CT molecular complexity index is 738. The summed E-state index contributed by atoms with van der Waals surface area (Å²) in [6.07, 6.45) is 3.28. The van der Waals surface area contributed by atoms with Crippen LogP contribution in [-0.2, 0) is 25.5 Å². The number of hydrogen-bond donors (Lipinski definition) is 1. The first kappa shape index (κ1) is 18.6. The summed E-state index contributed by atoms with van der Waals surface area (Å²) in [6.45, 7) is 0.995. The Morgan fingerprint density at radius 3 is 2.60 bits per heavy atom. The van der Waals surface area contributed by atoms with Crippen LogP contribution in [0.2, 0.25) is 0 Å². The summed E-state index contributed by atoms with van der Waals surface area (Å²) in [7, 11) is 0. The Labute approximate surface area is 150 Å². The average molecular weight is 357 g/mol. The van der Waals surface area contributed by atoms with Gasteiger partial charge in [0, 0.05) is 6.08 Å². The van der Waals surface area contributed by atoms with Gasteiger partial charge in [0.25, 0.3) is 5.91 Å². The molecular weight excluding hydrogens is 338 g/mol. The number of ether oxygens (including phenoxy) is 1. The molecular formula is C19H19NO4S. The smallest absolute Gasteiger partial charge is 0.331 e. The first-order valence-electron chi connectivity index (χ1n) is 7.75. The first-order chi connectivity index (χ1) is 12.0. The number of carbonyl (C=O) groups is 3. The molecule has 25 heavy (non-hydrogen) atoms. The van der Waals surface area contributed by atoms with E-state index >= 15 is 0 Å². The van der Waals surface area contributed by atoms with E-state index in [1.807, 2.05) is 47.2 Å². The summed E-state index contributed by atoms with van der Waals surface area (Å²) in [6, 6.07) is 10.6. The summed E-state index contributed by atoms with van der Waals surface area (Å²) in [5.41, 5.74) is 1.84. The van der Waals surface area contributed by atoms with Crippen LogP contribution in [-0.4, -0.2) is 30.3 Å². The molecule has 0 aliphatic heterocycles. The van der Waals surface area contributed by atoms with Crippen molar-refractivity contribution in [3.63, 3.8) is 0 Å². The second kappa shape index (κ2) is 9.54. The monoisotopic (exact) mass is 357 g/mol. The minimum Gasteiger partial charge on any atom is -0.452 e. The largest absolute Gasteiger partial charge is 0.452 e. The third-order valence-corrected chi connectivity index (χ3v) is 4.11. The normalized spacial score (nSPS) is 11.9. The highest BCUT2D eigenvalue weighted by atomic mass is 32.1. The lowest BCUT2D eigenvalue weighted by atomic mass is 10.0. The number of Topliss-reactive ketones (excluding diaryl/α,β-unsaturated/α-hetero) is 1. The SMILES string of the molecule is CC(=O)[C@H](Cc1ccccc1)NC(=O)COC(=O)/C=C/c1ccsc1. The highest BCUT2D eigenvalue weighted by molar-refractivity contribution is 7.08. The van der Waals surface area contributed by atoms with Crippen molar-refractivity contribution in [1.82, 2.24) is 5.32 Å². The molecule has 0 aliphatic rings. The molecule has 1 amide bonds. The molecule has 0 saturated heterocycles. The molecule has 1 heterocycles. The summed E-state index contributed by atoms with van der Waals surface area (Å²) < 4.78 is 4.89. The summed E-state index contributed by atoms with van der Waals surface area (Å²) in [5, 5.41) is 6.38. The molecule has 0 radical (unpaired) electrons. The minimum atomic E-state index is -0.644. The van der Waals surface area contributed by atoms with Crippen LogP contribution in [0.3, 0.4) is 0 Å². The van der Waals surface area contributed by atoms with E-state index in [4.69, 9.17) is 4.74 Å². The predicted octanol–water partition coefficient (Wildman–Crippen LogP) is 2.62. The van der Waals surface area contributed by atoms with Crippen molar-refractivity contribution in [3.05, 3.63) is 64.4 Å². The van der Waals surface area contributed by atoms with Crippen LogP contribution in [0.4, 0.5) is 0 Å². The minimum absolute atomic E-state index is 0.152. The van der Waals surface area contributed by atoms with E-state index in [1.165, 1.54) is 24.3 Å². The number of carbonyl (C=O) groups excluding carboxylic acids is 3. The highest BCUT2D eigenvalue weighted by Gasteiger charge is 2.18. The summed E-state index contributed by atoms with van der Waals surface area (Å²) in [5.74, 6) is -1.27. The number of ketones is 1. The first-order valence-corrected chi connectivity index (χ1v) is 8.69. The van der Waals surface area contributed by atoms with Gasteiger partial charge in [-0.05, 0) is 47.4 Å². The lowest BCUT2D eigenvalue weighted by Crippen LogP contribution is -2.43. The van der Waals surface area contributed by atoms with Crippen molar-refractivity contribution in [2.75, 3.05) is 6.61 Å². The van der Waals surface area contributed by atoms with Crippen LogP contribution in [0.25, 0.3) is 6.08 Å². The van der Waals surface area contributed by atoms with Gasteiger partial charge in [-0.25, -0.2) is 4.79 Å². The van der Waals surface area contributed by atoms with Gasteiger partial charge in [-0.3, -0.25) is 9.59 Å². The lowest BCUT2D eigenvalue weighted by Gasteiger charge is -2.16. The molecule has 2 aromatic rings. The number of rotatable bonds is 8. The van der Waals surface area contributed by atoms with Crippen molar-refractivity contribution in [1.29, 1.82) is 0 Å². The van der Waals surface area contributed by atoms with Crippen LogP contribution in [0.1, 0.15) is 18.1 Å². The molecule has 0 saturated carbocycles.